The topological polar surface area (TPSA) is 58.4 Å². The van der Waals surface area contributed by atoms with Crippen molar-refractivity contribution in [3.63, 3.8) is 0 Å². The lowest BCUT2D eigenvalue weighted by molar-refractivity contribution is 0.0656. The number of aryl methyl sites for hydroxylation is 1. The Morgan fingerprint density at radius 2 is 2.50 bits per heavy atom. The average molecular weight is 223 g/mol. The number of likely N-dealkylation sites (tertiary alicyclic amines) is 1. The van der Waals surface area contributed by atoms with Crippen LogP contribution >= 0.6 is 0 Å². The van der Waals surface area contributed by atoms with E-state index >= 15 is 0 Å². The van der Waals surface area contributed by atoms with Crippen molar-refractivity contribution in [1.29, 1.82) is 0 Å². The maximum absolute atomic E-state index is 12.0. The highest BCUT2D eigenvalue weighted by Crippen LogP contribution is 2.14. The predicted molar refractivity (Wildman–Crippen MR) is 59.2 cm³/mol. The van der Waals surface area contributed by atoms with Crippen LogP contribution in [0, 0.1) is 6.92 Å². The summed E-state index contributed by atoms with van der Waals surface area (Å²) in [6, 6.07) is 2.08. The molecule has 0 spiro atoms. The summed E-state index contributed by atoms with van der Waals surface area (Å²) in [7, 11) is 1.93. The second-order valence-corrected chi connectivity index (χ2v) is 4.21. The predicted octanol–water partition coefficient (Wildman–Crippen LogP) is 0.807. The van der Waals surface area contributed by atoms with Crippen molar-refractivity contribution in [2.24, 2.45) is 0 Å². The highest BCUT2D eigenvalue weighted by Gasteiger charge is 2.25. The molecule has 1 aliphatic heterocycles. The lowest BCUT2D eigenvalue weighted by Gasteiger charge is -2.31. The van der Waals surface area contributed by atoms with Gasteiger partial charge in [0.05, 0.1) is 5.69 Å². The number of carbonyl (C=O) groups is 1. The van der Waals surface area contributed by atoms with Crippen LogP contribution in [0.3, 0.4) is 0 Å². The molecule has 1 atom stereocenters. The Kier molecular flexibility index (Phi) is 3.24. The van der Waals surface area contributed by atoms with E-state index in [1.54, 1.807) is 6.07 Å². The van der Waals surface area contributed by atoms with Crippen molar-refractivity contribution >= 4 is 5.91 Å². The minimum atomic E-state index is -0.0550. The van der Waals surface area contributed by atoms with Gasteiger partial charge in [-0.05, 0) is 26.8 Å². The third kappa shape index (κ3) is 2.24. The van der Waals surface area contributed by atoms with Gasteiger partial charge < -0.3 is 14.7 Å². The minimum absolute atomic E-state index is 0.0550. The fourth-order valence-corrected chi connectivity index (χ4v) is 2.02. The third-order valence-electron chi connectivity index (χ3n) is 2.96. The Hall–Kier alpha value is -1.36. The number of carbonyl (C=O) groups excluding carboxylic acids is 1. The van der Waals surface area contributed by atoms with Crippen LogP contribution in [0.4, 0.5) is 0 Å². The van der Waals surface area contributed by atoms with Gasteiger partial charge in [0.25, 0.3) is 5.91 Å². The summed E-state index contributed by atoms with van der Waals surface area (Å²) in [5.74, 6) is 0.287. The van der Waals surface area contributed by atoms with Crippen LogP contribution < -0.4 is 5.32 Å². The number of rotatable bonds is 2. The van der Waals surface area contributed by atoms with Gasteiger partial charge >= 0.3 is 0 Å². The smallest absolute Gasteiger partial charge is 0.292 e. The second-order valence-electron chi connectivity index (χ2n) is 4.21. The van der Waals surface area contributed by atoms with E-state index in [1.807, 2.05) is 18.9 Å². The molecule has 88 valence electrons. The number of nitrogens with one attached hydrogen (secondary N) is 1. The van der Waals surface area contributed by atoms with Crippen LogP contribution in [0.25, 0.3) is 0 Å². The number of amides is 1. The SMILES string of the molecule is CNC1CCCN(C(=O)c2cc(C)no2)C1. The molecule has 1 amide bonds. The molecule has 2 heterocycles. The largest absolute Gasteiger partial charge is 0.351 e. The van der Waals surface area contributed by atoms with Gasteiger partial charge in [0, 0.05) is 25.2 Å². The first-order valence-electron chi connectivity index (χ1n) is 5.60. The fourth-order valence-electron chi connectivity index (χ4n) is 2.02. The second kappa shape index (κ2) is 4.65. The number of likely N-dealkylation sites (N-methyl/N-ethyl adjacent to an activating group) is 1. The van der Waals surface area contributed by atoms with Gasteiger partial charge in [0.15, 0.2) is 0 Å². The number of aromatic nitrogens is 1. The first-order valence-corrected chi connectivity index (χ1v) is 5.60. The molecule has 1 unspecified atom stereocenters. The zero-order chi connectivity index (χ0) is 11.5. The Morgan fingerprint density at radius 3 is 3.12 bits per heavy atom. The van der Waals surface area contributed by atoms with Crippen molar-refractivity contribution in [1.82, 2.24) is 15.4 Å². The summed E-state index contributed by atoms with van der Waals surface area (Å²) >= 11 is 0. The average Bonchev–Trinajstić information content (AvgIpc) is 2.75. The molecule has 1 aromatic rings. The van der Waals surface area contributed by atoms with Crippen molar-refractivity contribution in [3.8, 4) is 0 Å². The van der Waals surface area contributed by atoms with Gasteiger partial charge in [-0.15, -0.1) is 0 Å². The van der Waals surface area contributed by atoms with Crippen molar-refractivity contribution in [3.05, 3.63) is 17.5 Å². The Morgan fingerprint density at radius 1 is 1.69 bits per heavy atom. The van der Waals surface area contributed by atoms with Gasteiger partial charge in [0.1, 0.15) is 0 Å². The van der Waals surface area contributed by atoms with E-state index in [4.69, 9.17) is 4.52 Å². The standard InChI is InChI=1S/C11H17N3O2/c1-8-6-10(16-13-8)11(15)14-5-3-4-9(7-14)12-2/h6,9,12H,3-5,7H2,1-2H3. The summed E-state index contributed by atoms with van der Waals surface area (Å²) < 4.78 is 4.99. The first-order chi connectivity index (χ1) is 7.70. The van der Waals surface area contributed by atoms with Crippen LogP contribution in [-0.4, -0.2) is 42.1 Å². The molecular weight excluding hydrogens is 206 g/mol. The normalized spacial score (nSPS) is 21.1. The molecule has 5 heteroatoms. The Bertz CT molecular complexity index is 375. The van der Waals surface area contributed by atoms with Crippen LogP contribution in [-0.2, 0) is 0 Å². The molecule has 1 N–H and O–H groups in total. The van der Waals surface area contributed by atoms with Crippen molar-refractivity contribution in [2.75, 3.05) is 20.1 Å². The van der Waals surface area contributed by atoms with E-state index in [-0.39, 0.29) is 5.91 Å². The third-order valence-corrected chi connectivity index (χ3v) is 2.96. The number of nitrogens with zero attached hydrogens (tertiary/aromatic N) is 2. The van der Waals surface area contributed by atoms with Gasteiger partial charge in [-0.25, -0.2) is 0 Å². The van der Waals surface area contributed by atoms with Gasteiger partial charge in [-0.1, -0.05) is 5.16 Å². The van der Waals surface area contributed by atoms with E-state index in [0.717, 1.165) is 31.6 Å². The molecule has 2 rings (SSSR count). The fraction of sp³-hybridized carbons (Fsp3) is 0.636. The molecule has 1 aliphatic rings. The zero-order valence-corrected chi connectivity index (χ0v) is 9.69. The number of hydrogen-bond acceptors (Lipinski definition) is 4. The van der Waals surface area contributed by atoms with E-state index < -0.39 is 0 Å². The first kappa shape index (κ1) is 11.1. The maximum atomic E-state index is 12.0. The zero-order valence-electron chi connectivity index (χ0n) is 9.69. The minimum Gasteiger partial charge on any atom is -0.351 e. The monoisotopic (exact) mass is 223 g/mol. The summed E-state index contributed by atoms with van der Waals surface area (Å²) in [6.45, 7) is 3.36. The summed E-state index contributed by atoms with van der Waals surface area (Å²) in [5.41, 5.74) is 0.741. The lowest BCUT2D eigenvalue weighted by atomic mass is 10.1. The van der Waals surface area contributed by atoms with Gasteiger partial charge in [-0.3, -0.25) is 4.79 Å². The molecule has 0 aliphatic carbocycles. The van der Waals surface area contributed by atoms with Crippen molar-refractivity contribution < 1.29 is 9.32 Å². The quantitative estimate of drug-likeness (QED) is 0.806. The number of hydrogen-bond donors (Lipinski definition) is 1. The van der Waals surface area contributed by atoms with Crippen LogP contribution in [0.2, 0.25) is 0 Å². The molecule has 5 nitrogen and oxygen atoms in total. The van der Waals surface area contributed by atoms with Crippen LogP contribution in [0.5, 0.6) is 0 Å². The maximum Gasteiger partial charge on any atom is 0.292 e. The number of piperidine rings is 1. The molecule has 1 aromatic heterocycles. The lowest BCUT2D eigenvalue weighted by Crippen LogP contribution is -2.46. The molecule has 0 bridgehead atoms. The summed E-state index contributed by atoms with van der Waals surface area (Å²) in [5, 5.41) is 6.94. The van der Waals surface area contributed by atoms with E-state index in [1.165, 1.54) is 0 Å². The van der Waals surface area contributed by atoms with Gasteiger partial charge in [-0.2, -0.15) is 0 Å². The summed E-state index contributed by atoms with van der Waals surface area (Å²) in [6.07, 6.45) is 2.15. The summed E-state index contributed by atoms with van der Waals surface area (Å²) in [4.78, 5) is 13.9. The molecule has 0 saturated carbocycles. The molecule has 1 saturated heterocycles. The van der Waals surface area contributed by atoms with E-state index in [9.17, 15) is 4.79 Å². The molecule has 16 heavy (non-hydrogen) atoms. The van der Waals surface area contributed by atoms with Gasteiger partial charge in [0.2, 0.25) is 5.76 Å². The van der Waals surface area contributed by atoms with Crippen LogP contribution in [0.15, 0.2) is 10.6 Å². The van der Waals surface area contributed by atoms with E-state index in [0.29, 0.717) is 11.8 Å². The molecular formula is C11H17N3O2. The van der Waals surface area contributed by atoms with Crippen LogP contribution in [0.1, 0.15) is 29.1 Å². The molecule has 0 radical (unpaired) electrons. The van der Waals surface area contributed by atoms with E-state index in [2.05, 4.69) is 10.5 Å². The molecule has 0 aromatic carbocycles. The molecule has 1 fully saturated rings. The van der Waals surface area contributed by atoms with Crippen molar-refractivity contribution in [2.45, 2.75) is 25.8 Å². The Balaban J connectivity index is 2.04. The Labute approximate surface area is 94.8 Å². The highest BCUT2D eigenvalue weighted by molar-refractivity contribution is 5.91. The highest BCUT2D eigenvalue weighted by atomic mass is 16.5.